The van der Waals surface area contributed by atoms with Crippen molar-refractivity contribution >= 4 is 5.97 Å². The van der Waals surface area contributed by atoms with Crippen LogP contribution in [0.3, 0.4) is 0 Å². The summed E-state index contributed by atoms with van der Waals surface area (Å²) in [5.41, 5.74) is 0. The topological polar surface area (TPSA) is 42.7 Å². The molecule has 0 aliphatic heterocycles. The number of likely N-dealkylation sites (N-methyl/N-ethyl adjacent to an activating group) is 1. The molecule has 1 heterocycles. The van der Waals surface area contributed by atoms with Crippen molar-refractivity contribution in [1.29, 1.82) is 0 Å². The van der Waals surface area contributed by atoms with E-state index in [-0.39, 0.29) is 12.0 Å². The van der Waals surface area contributed by atoms with Crippen LogP contribution in [0, 0.1) is 6.92 Å². The summed E-state index contributed by atoms with van der Waals surface area (Å²) >= 11 is 0. The first-order valence-corrected chi connectivity index (χ1v) is 6.50. The molecule has 1 aromatic heterocycles. The number of ether oxygens (including phenoxy) is 1. The van der Waals surface area contributed by atoms with Gasteiger partial charge in [0.2, 0.25) is 0 Å². The Bertz CT molecular complexity index is 373. The van der Waals surface area contributed by atoms with Gasteiger partial charge in [-0.1, -0.05) is 13.3 Å². The molecule has 102 valence electrons. The highest BCUT2D eigenvalue weighted by molar-refractivity contribution is 5.75. The van der Waals surface area contributed by atoms with Crippen molar-refractivity contribution in [2.75, 3.05) is 13.7 Å². The summed E-state index contributed by atoms with van der Waals surface area (Å²) in [6.07, 6.45) is 1.75. The molecule has 1 aromatic rings. The van der Waals surface area contributed by atoms with Crippen LogP contribution in [-0.2, 0) is 16.1 Å². The van der Waals surface area contributed by atoms with Gasteiger partial charge in [0.25, 0.3) is 0 Å². The number of furan rings is 1. The molecule has 0 N–H and O–H groups in total. The Hall–Kier alpha value is -1.29. The minimum atomic E-state index is -0.194. The van der Waals surface area contributed by atoms with Crippen LogP contribution in [0.15, 0.2) is 16.5 Å². The lowest BCUT2D eigenvalue weighted by Crippen LogP contribution is -2.39. The van der Waals surface area contributed by atoms with Gasteiger partial charge in [0, 0.05) is 0 Å². The second-order valence-electron chi connectivity index (χ2n) is 4.48. The zero-order valence-electron chi connectivity index (χ0n) is 11.7. The summed E-state index contributed by atoms with van der Waals surface area (Å²) in [7, 11) is 1.93. The fraction of sp³-hybridized carbons (Fsp3) is 0.643. The number of hydrogen-bond acceptors (Lipinski definition) is 4. The highest BCUT2D eigenvalue weighted by Crippen LogP contribution is 2.14. The predicted octanol–water partition coefficient (Wildman–Crippen LogP) is 2.75. The summed E-state index contributed by atoms with van der Waals surface area (Å²) in [6, 6.07) is 3.68. The lowest BCUT2D eigenvalue weighted by molar-refractivity contribution is -0.149. The third-order valence-corrected chi connectivity index (χ3v) is 2.85. The van der Waals surface area contributed by atoms with Crippen LogP contribution < -0.4 is 0 Å². The van der Waals surface area contributed by atoms with E-state index < -0.39 is 0 Å². The van der Waals surface area contributed by atoms with Gasteiger partial charge in [0.1, 0.15) is 17.6 Å². The first-order valence-electron chi connectivity index (χ1n) is 6.50. The third kappa shape index (κ3) is 4.18. The standard InChI is InChI=1S/C14H23NO3/c1-5-7-13(14(16)17-6-2)15(4)10-12-9-8-11(3)18-12/h8-9,13H,5-7,10H2,1-4H3. The number of nitrogens with zero attached hydrogens (tertiary/aromatic N) is 1. The largest absolute Gasteiger partial charge is 0.465 e. The normalized spacial score (nSPS) is 12.7. The lowest BCUT2D eigenvalue weighted by Gasteiger charge is -2.25. The summed E-state index contributed by atoms with van der Waals surface area (Å²) < 4.78 is 10.6. The number of aryl methyl sites for hydroxylation is 1. The molecule has 4 nitrogen and oxygen atoms in total. The van der Waals surface area contributed by atoms with Gasteiger partial charge in [-0.05, 0) is 39.4 Å². The number of rotatable bonds is 7. The van der Waals surface area contributed by atoms with E-state index in [2.05, 4.69) is 6.92 Å². The number of carbonyl (C=O) groups excluding carboxylic acids is 1. The molecule has 18 heavy (non-hydrogen) atoms. The molecule has 4 heteroatoms. The molecule has 0 aromatic carbocycles. The van der Waals surface area contributed by atoms with Crippen molar-refractivity contribution in [3.8, 4) is 0 Å². The Morgan fingerprint density at radius 2 is 2.17 bits per heavy atom. The van der Waals surface area contributed by atoms with Crippen molar-refractivity contribution in [3.05, 3.63) is 23.7 Å². The zero-order chi connectivity index (χ0) is 13.5. The van der Waals surface area contributed by atoms with E-state index in [1.807, 2.05) is 37.9 Å². The van der Waals surface area contributed by atoms with Gasteiger partial charge in [-0.25, -0.2) is 0 Å². The Morgan fingerprint density at radius 3 is 2.67 bits per heavy atom. The van der Waals surface area contributed by atoms with E-state index in [1.165, 1.54) is 0 Å². The summed E-state index contributed by atoms with van der Waals surface area (Å²) in [6.45, 7) is 6.86. The van der Waals surface area contributed by atoms with Gasteiger partial charge >= 0.3 is 5.97 Å². The average Bonchev–Trinajstić information content (AvgIpc) is 2.71. The van der Waals surface area contributed by atoms with E-state index in [1.54, 1.807) is 0 Å². The van der Waals surface area contributed by atoms with Crippen molar-refractivity contribution in [2.24, 2.45) is 0 Å². The molecule has 0 aliphatic rings. The number of hydrogen-bond donors (Lipinski definition) is 0. The van der Waals surface area contributed by atoms with Crippen LogP contribution >= 0.6 is 0 Å². The van der Waals surface area contributed by atoms with Gasteiger partial charge in [0.15, 0.2) is 0 Å². The maximum Gasteiger partial charge on any atom is 0.323 e. The van der Waals surface area contributed by atoms with E-state index in [4.69, 9.17) is 9.15 Å². The van der Waals surface area contributed by atoms with Crippen LogP contribution in [0.25, 0.3) is 0 Å². The number of esters is 1. The minimum Gasteiger partial charge on any atom is -0.465 e. The summed E-state index contributed by atoms with van der Waals surface area (Å²) in [5, 5.41) is 0. The van der Waals surface area contributed by atoms with Crippen molar-refractivity contribution < 1.29 is 13.9 Å². The van der Waals surface area contributed by atoms with Crippen LogP contribution in [-0.4, -0.2) is 30.6 Å². The second-order valence-corrected chi connectivity index (χ2v) is 4.48. The van der Waals surface area contributed by atoms with Crippen LogP contribution in [0.5, 0.6) is 0 Å². The molecule has 0 radical (unpaired) electrons. The van der Waals surface area contributed by atoms with Gasteiger partial charge in [0.05, 0.1) is 13.2 Å². The number of carbonyl (C=O) groups is 1. The first kappa shape index (κ1) is 14.8. The molecule has 0 aliphatic carbocycles. The fourth-order valence-corrected chi connectivity index (χ4v) is 1.96. The maximum absolute atomic E-state index is 11.9. The van der Waals surface area contributed by atoms with E-state index >= 15 is 0 Å². The third-order valence-electron chi connectivity index (χ3n) is 2.85. The molecule has 0 saturated heterocycles. The molecule has 1 rings (SSSR count). The molecule has 0 bridgehead atoms. The quantitative estimate of drug-likeness (QED) is 0.701. The molecule has 0 saturated carbocycles. The Balaban J connectivity index is 2.64. The highest BCUT2D eigenvalue weighted by atomic mass is 16.5. The summed E-state index contributed by atoms with van der Waals surface area (Å²) in [5.74, 6) is 1.62. The fourth-order valence-electron chi connectivity index (χ4n) is 1.96. The smallest absolute Gasteiger partial charge is 0.323 e. The predicted molar refractivity (Wildman–Crippen MR) is 70.2 cm³/mol. The van der Waals surface area contributed by atoms with Crippen LogP contribution in [0.1, 0.15) is 38.2 Å². The van der Waals surface area contributed by atoms with E-state index in [9.17, 15) is 4.79 Å². The lowest BCUT2D eigenvalue weighted by atomic mass is 10.1. The first-order chi connectivity index (χ1) is 8.58. The minimum absolute atomic E-state index is 0.148. The molecule has 1 atom stereocenters. The van der Waals surface area contributed by atoms with Gasteiger partial charge < -0.3 is 9.15 Å². The Morgan fingerprint density at radius 1 is 1.44 bits per heavy atom. The molecular formula is C14H23NO3. The molecule has 0 amide bonds. The van der Waals surface area contributed by atoms with E-state index in [0.717, 1.165) is 24.4 Å². The Kier molecular flexibility index (Phi) is 5.92. The second kappa shape index (κ2) is 7.21. The van der Waals surface area contributed by atoms with E-state index in [0.29, 0.717) is 13.2 Å². The monoisotopic (exact) mass is 253 g/mol. The van der Waals surface area contributed by atoms with Gasteiger partial charge in [-0.2, -0.15) is 0 Å². The van der Waals surface area contributed by atoms with Gasteiger partial charge in [-0.15, -0.1) is 0 Å². The summed E-state index contributed by atoms with van der Waals surface area (Å²) in [4.78, 5) is 13.9. The van der Waals surface area contributed by atoms with Crippen LogP contribution in [0.4, 0.5) is 0 Å². The van der Waals surface area contributed by atoms with Crippen LogP contribution in [0.2, 0.25) is 0 Å². The Labute approximate surface area is 109 Å². The van der Waals surface area contributed by atoms with Crippen molar-refractivity contribution in [2.45, 2.75) is 46.2 Å². The average molecular weight is 253 g/mol. The van der Waals surface area contributed by atoms with Crippen molar-refractivity contribution in [1.82, 2.24) is 4.90 Å². The highest BCUT2D eigenvalue weighted by Gasteiger charge is 2.24. The molecular weight excluding hydrogens is 230 g/mol. The molecule has 0 fully saturated rings. The molecule has 0 spiro atoms. The van der Waals surface area contributed by atoms with Gasteiger partial charge in [-0.3, -0.25) is 9.69 Å². The molecule has 1 unspecified atom stereocenters. The zero-order valence-corrected chi connectivity index (χ0v) is 11.7. The SMILES string of the molecule is CCCC(C(=O)OCC)N(C)Cc1ccc(C)o1. The van der Waals surface area contributed by atoms with Crippen molar-refractivity contribution in [3.63, 3.8) is 0 Å². The maximum atomic E-state index is 11.9.